The van der Waals surface area contributed by atoms with Crippen LogP contribution in [0.3, 0.4) is 0 Å². The second-order valence-electron chi connectivity index (χ2n) is 7.37. The van der Waals surface area contributed by atoms with Crippen molar-refractivity contribution in [2.24, 2.45) is 0 Å². The second kappa shape index (κ2) is 8.24. The van der Waals surface area contributed by atoms with Crippen LogP contribution >= 0.6 is 11.3 Å². The first-order valence-electron chi connectivity index (χ1n) is 9.54. The Labute approximate surface area is 168 Å². The molecule has 0 radical (unpaired) electrons. The van der Waals surface area contributed by atoms with Crippen molar-refractivity contribution in [3.05, 3.63) is 52.0 Å². The maximum atomic E-state index is 12.4. The van der Waals surface area contributed by atoms with Crippen LogP contribution in [0.25, 0.3) is 11.5 Å². The Kier molecular flexibility index (Phi) is 5.54. The molecule has 3 aromatic rings. The summed E-state index contributed by atoms with van der Waals surface area (Å²) >= 11 is 1.61. The van der Waals surface area contributed by atoms with E-state index in [1.165, 1.54) is 5.56 Å². The fraction of sp³-hybridized carbons (Fsp3) is 0.381. The molecule has 2 aromatic heterocycles. The van der Waals surface area contributed by atoms with Crippen LogP contribution < -0.4 is 5.32 Å². The van der Waals surface area contributed by atoms with E-state index in [0.29, 0.717) is 18.3 Å². The Morgan fingerprint density at radius 2 is 2.07 bits per heavy atom. The van der Waals surface area contributed by atoms with E-state index in [0.717, 1.165) is 42.7 Å². The van der Waals surface area contributed by atoms with E-state index in [4.69, 9.17) is 4.42 Å². The molecule has 0 bridgehead atoms. The average molecular weight is 397 g/mol. The van der Waals surface area contributed by atoms with Gasteiger partial charge in [0.2, 0.25) is 17.7 Å². The van der Waals surface area contributed by atoms with E-state index < -0.39 is 0 Å². The van der Waals surface area contributed by atoms with Crippen LogP contribution in [0.5, 0.6) is 0 Å². The number of nitrogens with zero attached hydrogens (tertiary/aromatic N) is 3. The molecule has 0 spiro atoms. The van der Waals surface area contributed by atoms with E-state index in [2.05, 4.69) is 33.4 Å². The minimum Gasteiger partial charge on any atom is -0.420 e. The van der Waals surface area contributed by atoms with Gasteiger partial charge < -0.3 is 9.73 Å². The van der Waals surface area contributed by atoms with Gasteiger partial charge in [-0.25, -0.2) is 0 Å². The highest BCUT2D eigenvalue weighted by Gasteiger charge is 2.26. The summed E-state index contributed by atoms with van der Waals surface area (Å²) in [5, 5.41) is 15.5. The molecule has 4 rings (SSSR count). The monoisotopic (exact) mass is 396 g/mol. The Morgan fingerprint density at radius 3 is 2.79 bits per heavy atom. The Hall–Kier alpha value is -2.51. The zero-order valence-electron chi connectivity index (χ0n) is 16.1. The van der Waals surface area contributed by atoms with Crippen LogP contribution in [0.4, 0.5) is 5.69 Å². The summed E-state index contributed by atoms with van der Waals surface area (Å²) in [4.78, 5) is 14.6. The van der Waals surface area contributed by atoms with E-state index in [1.807, 2.05) is 35.9 Å². The molecule has 0 aliphatic carbocycles. The number of amides is 1. The predicted molar refractivity (Wildman–Crippen MR) is 111 cm³/mol. The SMILES string of the molecule is Cc1ccc(NC(=O)CN2CCC(c3nnc(-c4ccsc4)o3)CC2)c(C)c1. The minimum absolute atomic E-state index is 0.0305. The van der Waals surface area contributed by atoms with Crippen molar-refractivity contribution in [2.75, 3.05) is 25.0 Å². The van der Waals surface area contributed by atoms with Gasteiger partial charge >= 0.3 is 0 Å². The number of hydrogen-bond acceptors (Lipinski definition) is 6. The van der Waals surface area contributed by atoms with Gasteiger partial charge in [-0.15, -0.1) is 10.2 Å². The van der Waals surface area contributed by atoms with Crippen molar-refractivity contribution in [3.63, 3.8) is 0 Å². The zero-order chi connectivity index (χ0) is 19.5. The molecule has 1 aromatic carbocycles. The van der Waals surface area contributed by atoms with Crippen molar-refractivity contribution in [3.8, 4) is 11.5 Å². The number of benzene rings is 1. The number of likely N-dealkylation sites (tertiary alicyclic amines) is 1. The number of carbonyl (C=O) groups excluding carboxylic acids is 1. The van der Waals surface area contributed by atoms with Crippen molar-refractivity contribution < 1.29 is 9.21 Å². The van der Waals surface area contributed by atoms with E-state index >= 15 is 0 Å². The zero-order valence-corrected chi connectivity index (χ0v) is 17.0. The van der Waals surface area contributed by atoms with Gasteiger partial charge in [0.05, 0.1) is 6.54 Å². The van der Waals surface area contributed by atoms with Crippen LogP contribution in [-0.2, 0) is 4.79 Å². The third-order valence-electron chi connectivity index (χ3n) is 5.17. The molecule has 1 aliphatic heterocycles. The van der Waals surface area contributed by atoms with E-state index in [-0.39, 0.29) is 11.8 Å². The summed E-state index contributed by atoms with van der Waals surface area (Å²) < 4.78 is 5.87. The minimum atomic E-state index is 0.0305. The molecule has 6 nitrogen and oxygen atoms in total. The van der Waals surface area contributed by atoms with Gasteiger partial charge in [0, 0.05) is 22.5 Å². The lowest BCUT2D eigenvalue weighted by molar-refractivity contribution is -0.117. The summed E-state index contributed by atoms with van der Waals surface area (Å²) in [6.45, 7) is 6.17. The normalized spacial score (nSPS) is 15.6. The fourth-order valence-corrected chi connectivity index (χ4v) is 4.22. The number of thiophene rings is 1. The van der Waals surface area contributed by atoms with Crippen LogP contribution in [0.2, 0.25) is 0 Å². The Morgan fingerprint density at radius 1 is 1.25 bits per heavy atom. The van der Waals surface area contributed by atoms with Crippen LogP contribution in [0.15, 0.2) is 39.4 Å². The van der Waals surface area contributed by atoms with Gasteiger partial charge in [-0.3, -0.25) is 9.69 Å². The average Bonchev–Trinajstić information content (AvgIpc) is 3.36. The maximum absolute atomic E-state index is 12.4. The first-order chi connectivity index (χ1) is 13.6. The summed E-state index contributed by atoms with van der Waals surface area (Å²) in [5.41, 5.74) is 4.15. The van der Waals surface area contributed by atoms with Gasteiger partial charge in [-0.1, -0.05) is 17.7 Å². The molecule has 28 heavy (non-hydrogen) atoms. The third kappa shape index (κ3) is 4.31. The molecule has 1 saturated heterocycles. The molecule has 1 amide bonds. The largest absolute Gasteiger partial charge is 0.420 e. The van der Waals surface area contributed by atoms with Crippen LogP contribution in [0, 0.1) is 13.8 Å². The van der Waals surface area contributed by atoms with Gasteiger partial charge in [-0.2, -0.15) is 11.3 Å². The number of rotatable bonds is 5. The maximum Gasteiger partial charge on any atom is 0.248 e. The van der Waals surface area contributed by atoms with Crippen LogP contribution in [-0.4, -0.2) is 40.6 Å². The lowest BCUT2D eigenvalue weighted by Crippen LogP contribution is -2.38. The number of hydrogen-bond donors (Lipinski definition) is 1. The predicted octanol–water partition coefficient (Wildman–Crippen LogP) is 4.23. The number of aromatic nitrogens is 2. The summed E-state index contributed by atoms with van der Waals surface area (Å²) in [7, 11) is 0. The standard InChI is InChI=1S/C21H24N4O2S/c1-14-3-4-18(15(2)11-14)22-19(26)12-25-8-5-16(6-9-25)20-23-24-21(27-20)17-7-10-28-13-17/h3-4,7,10-11,13,16H,5-6,8-9,12H2,1-2H3,(H,22,26). The lowest BCUT2D eigenvalue weighted by atomic mass is 9.97. The first kappa shape index (κ1) is 18.8. The van der Waals surface area contributed by atoms with Gasteiger partial charge in [0.1, 0.15) is 0 Å². The lowest BCUT2D eigenvalue weighted by Gasteiger charge is -2.29. The highest BCUT2D eigenvalue weighted by Crippen LogP contribution is 2.30. The highest BCUT2D eigenvalue weighted by atomic mass is 32.1. The Balaban J connectivity index is 1.29. The second-order valence-corrected chi connectivity index (χ2v) is 8.15. The Bertz CT molecular complexity index is 943. The van der Waals surface area contributed by atoms with Crippen molar-refractivity contribution in [1.82, 2.24) is 15.1 Å². The molecule has 146 valence electrons. The molecular weight excluding hydrogens is 372 g/mol. The van der Waals surface area contributed by atoms with E-state index in [1.54, 1.807) is 11.3 Å². The molecule has 1 aliphatic rings. The highest BCUT2D eigenvalue weighted by molar-refractivity contribution is 7.08. The molecule has 0 atom stereocenters. The summed E-state index contributed by atoms with van der Waals surface area (Å²) in [6.07, 6.45) is 1.84. The van der Waals surface area contributed by atoms with Crippen molar-refractivity contribution >= 4 is 22.9 Å². The van der Waals surface area contributed by atoms with Crippen LogP contribution in [0.1, 0.15) is 35.8 Å². The smallest absolute Gasteiger partial charge is 0.248 e. The number of nitrogens with one attached hydrogen (secondary N) is 1. The molecule has 0 unspecified atom stereocenters. The first-order valence-corrected chi connectivity index (χ1v) is 10.5. The molecule has 7 heteroatoms. The van der Waals surface area contributed by atoms with Gasteiger partial charge in [-0.05, 0) is 62.9 Å². The summed E-state index contributed by atoms with van der Waals surface area (Å²) in [5.74, 6) is 1.59. The number of anilines is 1. The fourth-order valence-electron chi connectivity index (χ4n) is 3.59. The molecular formula is C21H24N4O2S. The van der Waals surface area contributed by atoms with Crippen molar-refractivity contribution in [2.45, 2.75) is 32.6 Å². The van der Waals surface area contributed by atoms with Gasteiger partial charge in [0.15, 0.2) is 0 Å². The molecule has 1 fully saturated rings. The van der Waals surface area contributed by atoms with Gasteiger partial charge in [0.25, 0.3) is 0 Å². The quantitative estimate of drug-likeness (QED) is 0.699. The summed E-state index contributed by atoms with van der Waals surface area (Å²) in [6, 6.07) is 8.05. The number of aryl methyl sites for hydroxylation is 2. The van der Waals surface area contributed by atoms with Crippen molar-refractivity contribution in [1.29, 1.82) is 0 Å². The van der Waals surface area contributed by atoms with E-state index in [9.17, 15) is 4.79 Å². The topological polar surface area (TPSA) is 71.3 Å². The number of piperidine rings is 1. The molecule has 1 N–H and O–H groups in total. The third-order valence-corrected chi connectivity index (χ3v) is 5.85. The molecule has 0 saturated carbocycles. The molecule has 3 heterocycles. The number of carbonyl (C=O) groups is 1.